The molecule has 8 heteroatoms. The maximum Gasteiger partial charge on any atom is 0.251 e. The Morgan fingerprint density at radius 3 is 2.77 bits per heavy atom. The third-order valence-corrected chi connectivity index (χ3v) is 6.94. The number of carbonyl (C=O) groups excluding carboxylic acids is 2. The van der Waals surface area contributed by atoms with Crippen LogP contribution in [0, 0.1) is 5.82 Å². The molecule has 1 fully saturated rings. The number of amides is 2. The number of fused-ring (bicyclic) bond motifs is 3. The Morgan fingerprint density at radius 1 is 1.17 bits per heavy atom. The summed E-state index contributed by atoms with van der Waals surface area (Å²) >= 11 is 12.3. The van der Waals surface area contributed by atoms with Crippen LogP contribution >= 0.6 is 23.2 Å². The zero-order valence-electron chi connectivity index (χ0n) is 16.1. The number of hydrogen-bond acceptors (Lipinski definition) is 3. The van der Waals surface area contributed by atoms with Crippen molar-refractivity contribution in [1.29, 1.82) is 0 Å². The van der Waals surface area contributed by atoms with Crippen LogP contribution in [0.3, 0.4) is 0 Å². The molecule has 2 aromatic carbocycles. The average molecular weight is 446 g/mol. The second-order valence-corrected chi connectivity index (χ2v) is 8.52. The summed E-state index contributed by atoms with van der Waals surface area (Å²) in [5.41, 5.74) is 3.21. The molecule has 1 aromatic heterocycles. The van der Waals surface area contributed by atoms with Gasteiger partial charge >= 0.3 is 0 Å². The Morgan fingerprint density at radius 2 is 1.97 bits per heavy atom. The van der Waals surface area contributed by atoms with Gasteiger partial charge in [-0.1, -0.05) is 29.3 Å². The summed E-state index contributed by atoms with van der Waals surface area (Å²) in [4.78, 5) is 32.6. The van der Waals surface area contributed by atoms with Crippen molar-refractivity contribution in [3.05, 3.63) is 63.5 Å². The number of aromatic amines is 1. The minimum atomic E-state index is -0.584. The Bertz CT molecular complexity index is 1210. The molecule has 2 aliphatic rings. The van der Waals surface area contributed by atoms with Crippen LogP contribution in [0.15, 0.2) is 36.4 Å². The van der Waals surface area contributed by atoms with Crippen molar-refractivity contribution in [3.8, 4) is 0 Å². The second-order valence-electron chi connectivity index (χ2n) is 7.73. The molecule has 3 aromatic rings. The number of nitrogens with one attached hydrogen (secondary N) is 1. The fraction of sp³-hybridized carbons (Fsp3) is 0.273. The third kappa shape index (κ3) is 2.86. The van der Waals surface area contributed by atoms with Crippen molar-refractivity contribution >= 4 is 51.6 Å². The molecule has 5 rings (SSSR count). The maximum atomic E-state index is 13.7. The Balaban J connectivity index is 1.48. The van der Waals surface area contributed by atoms with Crippen LogP contribution < -0.4 is 4.90 Å². The Kier molecular flexibility index (Phi) is 4.61. The molecular weight excluding hydrogens is 428 g/mol. The minimum Gasteiger partial charge on any atom is -0.357 e. The predicted octanol–water partition coefficient (Wildman–Crippen LogP) is 4.87. The van der Waals surface area contributed by atoms with Gasteiger partial charge in [-0.15, -0.1) is 0 Å². The van der Waals surface area contributed by atoms with Gasteiger partial charge in [-0.05, 0) is 49.2 Å². The molecule has 5 nitrogen and oxygen atoms in total. The van der Waals surface area contributed by atoms with Crippen LogP contribution in [-0.4, -0.2) is 34.3 Å². The number of nitrogens with zero attached hydrogens (tertiary/aromatic N) is 2. The second kappa shape index (κ2) is 7.08. The molecule has 30 heavy (non-hydrogen) atoms. The van der Waals surface area contributed by atoms with Gasteiger partial charge in [0.25, 0.3) is 5.91 Å². The average Bonchev–Trinajstić information content (AvgIpc) is 3.22. The third-order valence-electron chi connectivity index (χ3n) is 6.13. The first-order valence-corrected chi connectivity index (χ1v) is 10.5. The highest BCUT2D eigenvalue weighted by atomic mass is 35.5. The molecule has 0 radical (unpaired) electrons. The molecule has 0 aliphatic carbocycles. The Labute approximate surface area is 182 Å². The van der Waals surface area contributed by atoms with E-state index < -0.39 is 6.04 Å². The normalized spacial score (nSPS) is 22.2. The smallest absolute Gasteiger partial charge is 0.251 e. The monoisotopic (exact) mass is 445 g/mol. The van der Waals surface area contributed by atoms with E-state index in [1.165, 1.54) is 6.07 Å². The highest BCUT2D eigenvalue weighted by Crippen LogP contribution is 2.40. The van der Waals surface area contributed by atoms with Gasteiger partial charge in [-0.3, -0.25) is 14.5 Å². The molecule has 3 heterocycles. The van der Waals surface area contributed by atoms with E-state index in [0.29, 0.717) is 23.7 Å². The summed E-state index contributed by atoms with van der Waals surface area (Å²) in [6.45, 7) is 2.59. The number of anilines is 1. The van der Waals surface area contributed by atoms with Crippen LogP contribution in [-0.2, 0) is 16.0 Å². The van der Waals surface area contributed by atoms with Crippen molar-refractivity contribution in [3.63, 3.8) is 0 Å². The lowest BCUT2D eigenvalue weighted by atomic mass is 9.96. The van der Waals surface area contributed by atoms with Gasteiger partial charge in [0, 0.05) is 29.2 Å². The zero-order valence-corrected chi connectivity index (χ0v) is 17.6. The van der Waals surface area contributed by atoms with Crippen LogP contribution in [0.1, 0.15) is 30.6 Å². The topological polar surface area (TPSA) is 56.4 Å². The summed E-state index contributed by atoms with van der Waals surface area (Å²) in [7, 11) is 0. The lowest BCUT2D eigenvalue weighted by Crippen LogP contribution is -2.46. The van der Waals surface area contributed by atoms with E-state index in [9.17, 15) is 14.0 Å². The standard InChI is InChI=1S/C22H18Cl2FN3O2/c1-11-21-13(14-9-12(25)5-6-16(14)26-21)7-8-27(11)18-10-19(29)28(22(18)30)17-4-2-3-15(23)20(17)24/h2-6,9,11,18,26H,7-8,10H2,1H3. The Hall–Kier alpha value is -2.41. The molecule has 1 saturated heterocycles. The minimum absolute atomic E-state index is 0.0796. The van der Waals surface area contributed by atoms with Crippen molar-refractivity contribution in [1.82, 2.24) is 9.88 Å². The fourth-order valence-electron chi connectivity index (χ4n) is 4.69. The van der Waals surface area contributed by atoms with Gasteiger partial charge in [0.1, 0.15) is 5.82 Å². The van der Waals surface area contributed by atoms with Crippen LogP contribution in [0.2, 0.25) is 10.0 Å². The molecule has 2 unspecified atom stereocenters. The zero-order chi connectivity index (χ0) is 21.2. The van der Waals surface area contributed by atoms with Crippen molar-refractivity contribution in [2.45, 2.75) is 31.8 Å². The van der Waals surface area contributed by atoms with E-state index in [1.54, 1.807) is 30.3 Å². The van der Waals surface area contributed by atoms with Crippen molar-refractivity contribution < 1.29 is 14.0 Å². The van der Waals surface area contributed by atoms with Gasteiger partial charge in [-0.2, -0.15) is 0 Å². The number of benzene rings is 2. The number of rotatable bonds is 2. The number of carbonyl (C=O) groups is 2. The van der Waals surface area contributed by atoms with E-state index >= 15 is 0 Å². The van der Waals surface area contributed by atoms with Crippen molar-refractivity contribution in [2.24, 2.45) is 0 Å². The molecule has 2 aliphatic heterocycles. The molecule has 2 amide bonds. The quantitative estimate of drug-likeness (QED) is 0.572. The number of imide groups is 1. The van der Waals surface area contributed by atoms with Crippen LogP contribution in [0.4, 0.5) is 10.1 Å². The number of hydrogen-bond donors (Lipinski definition) is 1. The molecular formula is C22H18Cl2FN3O2. The van der Waals surface area contributed by atoms with Gasteiger partial charge in [0.15, 0.2) is 0 Å². The summed E-state index contributed by atoms with van der Waals surface area (Å²) in [6, 6.07) is 8.89. The lowest BCUT2D eigenvalue weighted by molar-refractivity contribution is -0.123. The van der Waals surface area contributed by atoms with E-state index in [2.05, 4.69) is 4.98 Å². The van der Waals surface area contributed by atoms with Gasteiger partial charge in [0.2, 0.25) is 5.91 Å². The first-order chi connectivity index (χ1) is 14.4. The highest BCUT2D eigenvalue weighted by molar-refractivity contribution is 6.44. The van der Waals surface area contributed by atoms with Crippen molar-refractivity contribution in [2.75, 3.05) is 11.4 Å². The van der Waals surface area contributed by atoms with E-state index in [0.717, 1.165) is 27.1 Å². The number of aromatic nitrogens is 1. The highest BCUT2D eigenvalue weighted by Gasteiger charge is 2.46. The maximum absolute atomic E-state index is 13.7. The van der Waals surface area contributed by atoms with Crippen LogP contribution in [0.25, 0.3) is 10.9 Å². The number of halogens is 3. The summed E-state index contributed by atoms with van der Waals surface area (Å²) in [5, 5.41) is 1.35. The van der Waals surface area contributed by atoms with E-state index in [-0.39, 0.29) is 35.1 Å². The van der Waals surface area contributed by atoms with Crippen LogP contribution in [0.5, 0.6) is 0 Å². The van der Waals surface area contributed by atoms with Gasteiger partial charge in [0.05, 0.1) is 28.2 Å². The number of H-pyrrole nitrogens is 1. The molecule has 0 bridgehead atoms. The van der Waals surface area contributed by atoms with Gasteiger partial charge in [-0.25, -0.2) is 9.29 Å². The largest absolute Gasteiger partial charge is 0.357 e. The van der Waals surface area contributed by atoms with Gasteiger partial charge < -0.3 is 4.98 Å². The molecule has 0 spiro atoms. The lowest BCUT2D eigenvalue weighted by Gasteiger charge is -2.36. The molecule has 154 valence electrons. The molecule has 1 N–H and O–H groups in total. The summed E-state index contributed by atoms with van der Waals surface area (Å²) < 4.78 is 13.7. The van der Waals surface area contributed by atoms with E-state index in [1.807, 2.05) is 11.8 Å². The summed E-state index contributed by atoms with van der Waals surface area (Å²) in [5.74, 6) is -0.877. The first kappa shape index (κ1) is 19.5. The summed E-state index contributed by atoms with van der Waals surface area (Å²) in [6.07, 6.45) is 0.745. The first-order valence-electron chi connectivity index (χ1n) is 9.73. The predicted molar refractivity (Wildman–Crippen MR) is 114 cm³/mol. The molecule has 2 atom stereocenters. The SMILES string of the molecule is CC1c2[nH]c3ccc(F)cc3c2CCN1C1CC(=O)N(c2cccc(Cl)c2Cl)C1=O. The molecule has 0 saturated carbocycles. The van der Waals surface area contributed by atoms with E-state index in [4.69, 9.17) is 23.2 Å². The fourth-order valence-corrected chi connectivity index (χ4v) is 5.07.